The Morgan fingerprint density at radius 3 is 1.38 bits per heavy atom. The van der Waals surface area contributed by atoms with Crippen LogP contribution in [0.3, 0.4) is 0 Å². The van der Waals surface area contributed by atoms with E-state index in [0.717, 1.165) is 44.8 Å². The highest BCUT2D eigenvalue weighted by atomic mass is 128. The molecule has 2 aromatic heterocycles. The van der Waals surface area contributed by atoms with E-state index in [-0.39, 0.29) is 0 Å². The van der Waals surface area contributed by atoms with Crippen molar-refractivity contribution >= 4 is 59.4 Å². The third kappa shape index (κ3) is 4.29. The topological polar surface area (TPSA) is 70.5 Å². The van der Waals surface area contributed by atoms with Crippen molar-refractivity contribution in [1.82, 2.24) is 9.97 Å². The van der Waals surface area contributed by atoms with Gasteiger partial charge in [-0.15, -0.1) is 0 Å². The number of fused-ring (bicyclic) bond motifs is 2. The van der Waals surface area contributed by atoms with Crippen LogP contribution in [0.15, 0.2) is 57.4 Å². The van der Waals surface area contributed by atoms with E-state index in [1.54, 1.807) is 14.2 Å². The second kappa shape index (κ2) is 9.65. The van der Waals surface area contributed by atoms with E-state index in [2.05, 4.69) is 47.2 Å². The van der Waals surface area contributed by atoms with Crippen LogP contribution in [0.25, 0.3) is 45.1 Å². The Morgan fingerprint density at radius 2 is 1.03 bits per heavy atom. The minimum Gasteiger partial charge on any atom is -0.496 e. The summed E-state index contributed by atoms with van der Waals surface area (Å²) in [7, 11) is 3.29. The van der Waals surface area contributed by atoms with Gasteiger partial charge in [0, 0.05) is 60.5 Å². The van der Waals surface area contributed by atoms with Gasteiger partial charge in [0.2, 0.25) is 11.8 Å². The molecular weight excluding hydrogens is 634 g/mol. The number of rotatable bonds is 4. The van der Waals surface area contributed by atoms with E-state index in [1.165, 1.54) is 0 Å². The van der Waals surface area contributed by atoms with Gasteiger partial charge in [-0.2, -0.15) is 0 Å². The maximum Gasteiger partial charge on any atom is 0.227 e. The highest BCUT2D eigenvalue weighted by Gasteiger charge is 2.14. The summed E-state index contributed by atoms with van der Waals surface area (Å²) < 4.78 is 22.6. The Kier molecular flexibility index (Phi) is 6.89. The lowest BCUT2D eigenvalue weighted by Crippen LogP contribution is -1.86. The molecule has 0 aliphatic rings. The van der Waals surface area contributed by atoms with Gasteiger partial charge in [-0.25, -0.2) is 9.97 Å². The molecule has 0 fully saturated rings. The minimum absolute atomic E-state index is 0.558. The molecule has 0 unspecified atom stereocenters. The summed E-state index contributed by atoms with van der Waals surface area (Å²) in [4.78, 5) is 9.22. The van der Waals surface area contributed by atoms with E-state index in [9.17, 15) is 0 Å². The van der Waals surface area contributed by atoms with Crippen molar-refractivity contribution in [2.24, 2.45) is 0 Å². The lowest BCUT2D eigenvalue weighted by molar-refractivity contribution is 0.411. The van der Waals surface area contributed by atoms with Gasteiger partial charge in [-0.3, -0.25) is 0 Å². The van der Waals surface area contributed by atoms with E-state index >= 15 is 0 Å². The zero-order valence-electron chi connectivity index (χ0n) is 17.9. The number of hydrogen-bond acceptors (Lipinski definition) is 6. The number of methoxy groups -OCH3 is 2. The molecule has 3 aromatic carbocycles. The SMILES string of the molecule is COc1cc2oc(-c3ccc(-c4nc5cc(C)c(OC)cc5o4)cc3)nc2cc1C.II. The fourth-order valence-corrected chi connectivity index (χ4v) is 3.56. The van der Waals surface area contributed by atoms with Gasteiger partial charge in [0.15, 0.2) is 11.2 Å². The molecule has 164 valence electrons. The van der Waals surface area contributed by atoms with Crippen LogP contribution in [0.4, 0.5) is 0 Å². The van der Waals surface area contributed by atoms with Crippen LogP contribution in [-0.2, 0) is 0 Å². The number of aryl methyl sites for hydroxylation is 2. The summed E-state index contributed by atoms with van der Waals surface area (Å²) in [6.45, 7) is 3.97. The van der Waals surface area contributed by atoms with Crippen LogP contribution in [0, 0.1) is 13.8 Å². The Hall–Kier alpha value is -2.34. The fraction of sp³-hybridized carbons (Fsp3) is 0.167. The average Bonchev–Trinajstić information content (AvgIpc) is 3.42. The second-order valence-corrected chi connectivity index (χ2v) is 7.19. The molecule has 0 N–H and O–H groups in total. The van der Waals surface area contributed by atoms with Gasteiger partial charge in [-0.05, 0) is 61.4 Å². The lowest BCUT2D eigenvalue weighted by Gasteiger charge is -2.02. The number of aromatic nitrogens is 2. The number of nitrogens with zero attached hydrogens (tertiary/aromatic N) is 2. The highest BCUT2D eigenvalue weighted by Crippen LogP contribution is 2.32. The monoisotopic (exact) mass is 654 g/mol. The van der Waals surface area contributed by atoms with E-state index in [0.29, 0.717) is 22.9 Å². The first-order chi connectivity index (χ1) is 15.6. The van der Waals surface area contributed by atoms with Gasteiger partial charge in [0.25, 0.3) is 0 Å². The van der Waals surface area contributed by atoms with Crippen molar-refractivity contribution in [2.45, 2.75) is 13.8 Å². The van der Waals surface area contributed by atoms with Crippen molar-refractivity contribution in [1.29, 1.82) is 0 Å². The molecule has 2 heterocycles. The summed E-state index contributed by atoms with van der Waals surface area (Å²) >= 11 is 4.24. The zero-order valence-corrected chi connectivity index (χ0v) is 22.2. The van der Waals surface area contributed by atoms with Crippen LogP contribution >= 0.6 is 37.2 Å². The molecule has 0 amide bonds. The third-order valence-corrected chi connectivity index (χ3v) is 5.19. The molecular formula is C24H20I2N2O4. The molecule has 0 saturated carbocycles. The predicted molar refractivity (Wildman–Crippen MR) is 143 cm³/mol. The normalized spacial score (nSPS) is 10.8. The van der Waals surface area contributed by atoms with Crippen LogP contribution < -0.4 is 9.47 Å². The lowest BCUT2D eigenvalue weighted by atomic mass is 10.1. The first-order valence-corrected chi connectivity index (χ1v) is 16.0. The van der Waals surface area contributed by atoms with Crippen molar-refractivity contribution in [2.75, 3.05) is 14.2 Å². The Bertz CT molecular complexity index is 1280. The molecule has 8 heteroatoms. The zero-order chi connectivity index (χ0) is 22.8. The summed E-state index contributed by atoms with van der Waals surface area (Å²) in [5, 5.41) is 0. The van der Waals surface area contributed by atoms with Gasteiger partial charge in [-0.1, -0.05) is 0 Å². The first kappa shape index (κ1) is 22.8. The molecule has 0 aliphatic heterocycles. The molecule has 5 rings (SSSR count). The van der Waals surface area contributed by atoms with Gasteiger partial charge in [0.1, 0.15) is 22.5 Å². The summed E-state index contributed by atoms with van der Waals surface area (Å²) in [5.41, 5.74) is 6.78. The summed E-state index contributed by atoms with van der Waals surface area (Å²) in [5.74, 6) is 2.68. The number of halogens is 2. The van der Waals surface area contributed by atoms with Gasteiger partial charge >= 0.3 is 0 Å². The number of benzene rings is 3. The van der Waals surface area contributed by atoms with Crippen molar-refractivity contribution in [3.8, 4) is 34.4 Å². The van der Waals surface area contributed by atoms with E-state index < -0.39 is 0 Å². The third-order valence-electron chi connectivity index (χ3n) is 5.19. The maximum absolute atomic E-state index is 5.94. The summed E-state index contributed by atoms with van der Waals surface area (Å²) in [6.07, 6.45) is 0. The van der Waals surface area contributed by atoms with Crippen molar-refractivity contribution in [3.05, 3.63) is 59.7 Å². The molecule has 0 saturated heterocycles. The fourth-order valence-electron chi connectivity index (χ4n) is 3.56. The number of oxazole rings is 2. The maximum atomic E-state index is 5.94. The van der Waals surface area contributed by atoms with Crippen LogP contribution in [0.5, 0.6) is 11.5 Å². The minimum atomic E-state index is 0.558. The molecule has 0 bridgehead atoms. The van der Waals surface area contributed by atoms with E-state index in [1.807, 2.05) is 62.4 Å². The molecule has 0 radical (unpaired) electrons. The predicted octanol–water partition coefficient (Wildman–Crippen LogP) is 7.71. The first-order valence-electron chi connectivity index (χ1n) is 9.71. The quantitative estimate of drug-likeness (QED) is 0.185. The Labute approximate surface area is 208 Å². The van der Waals surface area contributed by atoms with Gasteiger partial charge in [0.05, 0.1) is 14.2 Å². The molecule has 0 atom stereocenters. The van der Waals surface area contributed by atoms with Crippen LogP contribution in [-0.4, -0.2) is 24.2 Å². The van der Waals surface area contributed by atoms with Crippen molar-refractivity contribution in [3.63, 3.8) is 0 Å². The second-order valence-electron chi connectivity index (χ2n) is 7.19. The Balaban J connectivity index is 0.00000119. The Morgan fingerprint density at radius 1 is 0.656 bits per heavy atom. The molecule has 0 spiro atoms. The molecule has 32 heavy (non-hydrogen) atoms. The van der Waals surface area contributed by atoms with E-state index in [4.69, 9.17) is 18.3 Å². The van der Waals surface area contributed by atoms with Crippen LogP contribution in [0.1, 0.15) is 11.1 Å². The largest absolute Gasteiger partial charge is 0.496 e. The molecule has 0 aliphatic carbocycles. The number of hydrogen-bond donors (Lipinski definition) is 0. The molecule has 5 aromatic rings. The van der Waals surface area contributed by atoms with Gasteiger partial charge < -0.3 is 18.3 Å². The standard InChI is InChI=1S/C24H20N2O4.I2/c1-13-9-17-21(11-19(13)27-3)29-23(25-17)15-5-7-16(8-6-15)24-26-18-10-14(2)20(28-4)12-22(18)30-24;1-2/h5-12H,1-4H3;. The summed E-state index contributed by atoms with van der Waals surface area (Å²) in [6, 6.07) is 15.5. The van der Waals surface area contributed by atoms with Crippen molar-refractivity contribution < 1.29 is 18.3 Å². The molecule has 6 nitrogen and oxygen atoms in total. The average molecular weight is 654 g/mol. The smallest absolute Gasteiger partial charge is 0.227 e. The highest BCUT2D eigenvalue weighted by molar-refractivity contribution is 15.0. The number of ether oxygens (including phenoxy) is 2. The van der Waals surface area contributed by atoms with Crippen LogP contribution in [0.2, 0.25) is 0 Å².